The zero-order chi connectivity index (χ0) is 14.1. The van der Waals surface area contributed by atoms with Gasteiger partial charge in [0, 0.05) is 23.0 Å². The summed E-state index contributed by atoms with van der Waals surface area (Å²) in [4.78, 5) is 16.9. The molecule has 3 unspecified atom stereocenters. The third-order valence-electron chi connectivity index (χ3n) is 3.47. The van der Waals surface area contributed by atoms with Crippen LogP contribution in [0, 0.1) is 0 Å². The van der Waals surface area contributed by atoms with E-state index in [9.17, 15) is 4.21 Å². The van der Waals surface area contributed by atoms with Crippen LogP contribution in [0.5, 0.6) is 0 Å². The van der Waals surface area contributed by atoms with Crippen LogP contribution in [-0.2, 0) is 10.8 Å². The maximum Gasteiger partial charge on any atom is 0.159 e. The number of nitrogens with zero attached hydrogens (tertiary/aromatic N) is 4. The highest BCUT2D eigenvalue weighted by molar-refractivity contribution is 7.84. The summed E-state index contributed by atoms with van der Waals surface area (Å²) < 4.78 is 11.6. The van der Waals surface area contributed by atoms with Gasteiger partial charge >= 0.3 is 0 Å². The molecule has 0 saturated carbocycles. The van der Waals surface area contributed by atoms with Gasteiger partial charge in [-0.05, 0) is 19.4 Å². The Morgan fingerprint density at radius 2 is 2.30 bits per heavy atom. The molecule has 106 valence electrons. The minimum atomic E-state index is -0.903. The Morgan fingerprint density at radius 1 is 1.45 bits per heavy atom. The van der Waals surface area contributed by atoms with E-state index in [2.05, 4.69) is 25.3 Å². The highest BCUT2D eigenvalue weighted by atomic mass is 35.5. The van der Waals surface area contributed by atoms with Crippen LogP contribution >= 0.6 is 11.6 Å². The lowest BCUT2D eigenvalue weighted by molar-refractivity contribution is 0.417. The van der Waals surface area contributed by atoms with Gasteiger partial charge in [-0.2, -0.15) is 0 Å². The van der Waals surface area contributed by atoms with Crippen molar-refractivity contribution in [3.05, 3.63) is 23.5 Å². The molecule has 3 rings (SSSR count). The van der Waals surface area contributed by atoms with Crippen LogP contribution in [0.4, 0.5) is 0 Å². The Labute approximate surface area is 123 Å². The zero-order valence-electron chi connectivity index (χ0n) is 10.9. The van der Waals surface area contributed by atoms with E-state index in [4.69, 9.17) is 11.6 Å². The smallest absolute Gasteiger partial charge is 0.159 e. The van der Waals surface area contributed by atoms with Crippen molar-refractivity contribution in [2.45, 2.75) is 24.1 Å². The topological polar surface area (TPSA) is 80.7 Å². The van der Waals surface area contributed by atoms with Crippen LogP contribution in [0.2, 0.25) is 5.15 Å². The van der Waals surface area contributed by atoms with Gasteiger partial charge in [0.2, 0.25) is 0 Å². The molecule has 0 amide bonds. The molecule has 1 fully saturated rings. The van der Waals surface area contributed by atoms with E-state index in [-0.39, 0.29) is 11.3 Å². The predicted molar refractivity (Wildman–Crippen MR) is 78.0 cm³/mol. The number of rotatable bonds is 2. The molecule has 3 heterocycles. The standard InChI is InChI=1S/C12H14ClN5OS/c1-20(19)9-4-7(2-3-15-9)12-17-8-5-14-6-16-10(8)11(13)18-12/h5-7,9,15H,2-4H2,1H3. The quantitative estimate of drug-likeness (QED) is 0.841. The highest BCUT2D eigenvalue weighted by Gasteiger charge is 2.27. The molecule has 1 aliphatic heterocycles. The van der Waals surface area contributed by atoms with E-state index in [0.29, 0.717) is 22.0 Å². The maximum atomic E-state index is 11.6. The Balaban J connectivity index is 1.95. The molecule has 0 spiro atoms. The molecule has 1 aliphatic rings. The van der Waals surface area contributed by atoms with Crippen LogP contribution in [0.1, 0.15) is 24.6 Å². The Bertz CT molecular complexity index is 667. The first-order valence-corrected chi connectivity index (χ1v) is 8.34. The van der Waals surface area contributed by atoms with Crippen LogP contribution in [0.3, 0.4) is 0 Å². The number of hydrogen-bond donors (Lipinski definition) is 1. The fourth-order valence-electron chi connectivity index (χ4n) is 2.41. The molecule has 1 N–H and O–H groups in total. The van der Waals surface area contributed by atoms with Crippen molar-refractivity contribution in [3.63, 3.8) is 0 Å². The maximum absolute atomic E-state index is 11.6. The van der Waals surface area contributed by atoms with Gasteiger partial charge in [0.05, 0.1) is 11.6 Å². The van der Waals surface area contributed by atoms with Crippen LogP contribution in [0.25, 0.3) is 11.0 Å². The van der Waals surface area contributed by atoms with Gasteiger partial charge in [-0.3, -0.25) is 4.21 Å². The molecule has 20 heavy (non-hydrogen) atoms. The number of piperidine rings is 1. The van der Waals surface area contributed by atoms with E-state index in [1.807, 2.05) is 0 Å². The predicted octanol–water partition coefficient (Wildman–Crippen LogP) is 1.24. The average Bonchev–Trinajstić information content (AvgIpc) is 2.47. The van der Waals surface area contributed by atoms with Crippen molar-refractivity contribution in [1.29, 1.82) is 0 Å². The summed E-state index contributed by atoms with van der Waals surface area (Å²) in [6.45, 7) is 0.805. The molecule has 2 aromatic heterocycles. The number of halogens is 1. The second-order valence-electron chi connectivity index (χ2n) is 4.79. The van der Waals surface area contributed by atoms with E-state index in [1.165, 1.54) is 6.33 Å². The third kappa shape index (κ3) is 2.65. The lowest BCUT2D eigenvalue weighted by Gasteiger charge is -2.28. The van der Waals surface area contributed by atoms with Crippen molar-refractivity contribution in [2.24, 2.45) is 0 Å². The lowest BCUT2D eigenvalue weighted by atomic mass is 9.97. The first-order chi connectivity index (χ1) is 9.65. The molecule has 2 aromatic rings. The van der Waals surface area contributed by atoms with Gasteiger partial charge < -0.3 is 5.32 Å². The minimum absolute atomic E-state index is 0.0150. The molecule has 3 atom stereocenters. The van der Waals surface area contributed by atoms with Crippen LogP contribution < -0.4 is 5.32 Å². The molecular formula is C12H14ClN5OS. The van der Waals surface area contributed by atoms with E-state index < -0.39 is 10.8 Å². The zero-order valence-corrected chi connectivity index (χ0v) is 12.5. The Kier molecular flexibility index (Phi) is 3.91. The SMILES string of the molecule is CS(=O)C1CC(c2nc(Cl)c3ncncc3n2)CCN1. The highest BCUT2D eigenvalue weighted by Crippen LogP contribution is 2.28. The molecule has 0 aromatic carbocycles. The number of nitrogens with one attached hydrogen (secondary N) is 1. The van der Waals surface area contributed by atoms with Crippen molar-refractivity contribution >= 4 is 33.4 Å². The van der Waals surface area contributed by atoms with E-state index in [1.54, 1.807) is 12.5 Å². The summed E-state index contributed by atoms with van der Waals surface area (Å²) in [5.74, 6) is 0.849. The fourth-order valence-corrected chi connectivity index (χ4v) is 3.50. The van der Waals surface area contributed by atoms with Crippen molar-refractivity contribution in [3.8, 4) is 0 Å². The first-order valence-electron chi connectivity index (χ1n) is 6.34. The summed E-state index contributed by atoms with van der Waals surface area (Å²) in [5, 5.41) is 3.59. The molecule has 8 heteroatoms. The van der Waals surface area contributed by atoms with Crippen molar-refractivity contribution < 1.29 is 4.21 Å². The molecule has 0 bridgehead atoms. The Morgan fingerprint density at radius 3 is 3.10 bits per heavy atom. The van der Waals surface area contributed by atoms with E-state index in [0.717, 1.165) is 19.4 Å². The third-order valence-corrected chi connectivity index (χ3v) is 4.89. The van der Waals surface area contributed by atoms with Crippen LogP contribution in [0.15, 0.2) is 12.5 Å². The van der Waals surface area contributed by atoms with Gasteiger partial charge in [-0.15, -0.1) is 0 Å². The number of aromatic nitrogens is 4. The summed E-state index contributed by atoms with van der Waals surface area (Å²) in [6, 6.07) is 0. The summed E-state index contributed by atoms with van der Waals surface area (Å²) in [7, 11) is -0.903. The normalized spacial score (nSPS) is 24.7. The Hall–Kier alpha value is -1.18. The van der Waals surface area contributed by atoms with Gasteiger partial charge in [-0.25, -0.2) is 19.9 Å². The van der Waals surface area contributed by atoms with Crippen molar-refractivity contribution in [1.82, 2.24) is 25.3 Å². The van der Waals surface area contributed by atoms with Gasteiger partial charge in [0.1, 0.15) is 23.2 Å². The van der Waals surface area contributed by atoms with Crippen LogP contribution in [-0.4, -0.2) is 42.3 Å². The molecule has 6 nitrogen and oxygen atoms in total. The summed E-state index contributed by atoms with van der Waals surface area (Å²) >= 11 is 6.16. The fraction of sp³-hybridized carbons (Fsp3) is 0.500. The van der Waals surface area contributed by atoms with E-state index >= 15 is 0 Å². The van der Waals surface area contributed by atoms with Crippen molar-refractivity contribution in [2.75, 3.05) is 12.8 Å². The second-order valence-corrected chi connectivity index (χ2v) is 6.72. The lowest BCUT2D eigenvalue weighted by Crippen LogP contribution is -2.40. The molecule has 0 radical (unpaired) electrons. The first kappa shape index (κ1) is 13.8. The second kappa shape index (κ2) is 5.67. The molecular weight excluding hydrogens is 298 g/mol. The number of hydrogen-bond acceptors (Lipinski definition) is 6. The average molecular weight is 312 g/mol. The summed E-state index contributed by atoms with van der Waals surface area (Å²) in [5.41, 5.74) is 1.21. The molecule has 0 aliphatic carbocycles. The molecule has 1 saturated heterocycles. The van der Waals surface area contributed by atoms with Gasteiger partial charge in [0.25, 0.3) is 0 Å². The van der Waals surface area contributed by atoms with Gasteiger partial charge in [-0.1, -0.05) is 11.6 Å². The number of fused-ring (bicyclic) bond motifs is 1. The summed E-state index contributed by atoms with van der Waals surface area (Å²) in [6.07, 6.45) is 6.43. The van der Waals surface area contributed by atoms with Gasteiger partial charge in [0.15, 0.2) is 5.15 Å². The minimum Gasteiger partial charge on any atom is -0.303 e. The monoisotopic (exact) mass is 311 g/mol. The largest absolute Gasteiger partial charge is 0.303 e.